The van der Waals surface area contributed by atoms with E-state index in [0.717, 1.165) is 27.8 Å². The molecule has 5 nitrogen and oxygen atoms in total. The van der Waals surface area contributed by atoms with Crippen LogP contribution in [-0.4, -0.2) is 15.7 Å². The summed E-state index contributed by atoms with van der Waals surface area (Å²) in [5.41, 5.74) is 3.33. The molecule has 0 unspecified atom stereocenters. The van der Waals surface area contributed by atoms with Crippen molar-refractivity contribution in [2.24, 2.45) is 0 Å². The highest BCUT2D eigenvalue weighted by atomic mass is 79.9. The normalized spacial score (nSPS) is 10.7. The fraction of sp³-hybridized carbons (Fsp3) is 0.238. The number of hydrogen-bond acceptors (Lipinski definition) is 3. The van der Waals surface area contributed by atoms with Gasteiger partial charge in [-0.15, -0.1) is 0 Å². The summed E-state index contributed by atoms with van der Waals surface area (Å²) < 4.78 is 8.52. The van der Waals surface area contributed by atoms with E-state index in [-0.39, 0.29) is 5.91 Å². The van der Waals surface area contributed by atoms with Crippen molar-refractivity contribution in [3.05, 3.63) is 80.5 Å². The van der Waals surface area contributed by atoms with Crippen LogP contribution in [0.25, 0.3) is 0 Å². The van der Waals surface area contributed by atoms with E-state index >= 15 is 0 Å². The number of hydrogen-bond donors (Lipinski definition) is 1. The Morgan fingerprint density at radius 2 is 2.11 bits per heavy atom. The minimum atomic E-state index is -0.159. The van der Waals surface area contributed by atoms with Gasteiger partial charge in [0.1, 0.15) is 12.4 Å². The quantitative estimate of drug-likeness (QED) is 0.529. The summed E-state index contributed by atoms with van der Waals surface area (Å²) in [7, 11) is 0. The first kappa shape index (κ1) is 20.4. The van der Waals surface area contributed by atoms with Gasteiger partial charge in [0.15, 0.2) is 0 Å². The Labute approximate surface area is 177 Å². The highest BCUT2D eigenvalue weighted by Gasteiger charge is 2.11. The number of aryl methyl sites for hydroxylation is 2. The Bertz CT molecular complexity index is 988. The lowest BCUT2D eigenvalue weighted by atomic mass is 10.1. The summed E-state index contributed by atoms with van der Waals surface area (Å²) in [6.45, 7) is 5.46. The van der Waals surface area contributed by atoms with Gasteiger partial charge in [0.05, 0.1) is 21.7 Å². The number of aromatic nitrogens is 2. The minimum Gasteiger partial charge on any atom is -0.487 e. The van der Waals surface area contributed by atoms with Gasteiger partial charge in [-0.1, -0.05) is 29.8 Å². The van der Waals surface area contributed by atoms with Crippen molar-refractivity contribution in [3.8, 4) is 5.75 Å². The molecular weight excluding hydrogens is 442 g/mol. The van der Waals surface area contributed by atoms with Gasteiger partial charge in [0.25, 0.3) is 5.91 Å². The molecule has 3 rings (SSSR count). The fourth-order valence-corrected chi connectivity index (χ4v) is 3.30. The predicted octanol–water partition coefficient (Wildman–Crippen LogP) is 5.14. The van der Waals surface area contributed by atoms with Crippen LogP contribution in [0.1, 0.15) is 34.1 Å². The molecule has 0 aliphatic rings. The average Bonchev–Trinajstić information content (AvgIpc) is 3.07. The number of amides is 1. The first-order valence-corrected chi connectivity index (χ1v) is 10.1. The smallest absolute Gasteiger partial charge is 0.251 e. The summed E-state index contributed by atoms with van der Waals surface area (Å²) in [6, 6.07) is 13.0. The van der Waals surface area contributed by atoms with E-state index in [2.05, 4.69) is 26.3 Å². The lowest BCUT2D eigenvalue weighted by molar-refractivity contribution is 0.0950. The van der Waals surface area contributed by atoms with Crippen LogP contribution < -0.4 is 10.1 Å². The fourth-order valence-electron chi connectivity index (χ4n) is 2.67. The van der Waals surface area contributed by atoms with Crippen molar-refractivity contribution in [1.82, 2.24) is 15.1 Å². The molecule has 2 aromatic carbocycles. The van der Waals surface area contributed by atoms with Crippen LogP contribution in [0.4, 0.5) is 0 Å². The van der Waals surface area contributed by atoms with Gasteiger partial charge in [-0.3, -0.25) is 9.48 Å². The van der Waals surface area contributed by atoms with E-state index in [1.165, 1.54) is 0 Å². The van der Waals surface area contributed by atoms with Crippen molar-refractivity contribution in [1.29, 1.82) is 0 Å². The predicted molar refractivity (Wildman–Crippen MR) is 114 cm³/mol. The maximum Gasteiger partial charge on any atom is 0.251 e. The molecule has 1 N–H and O–H groups in total. The molecule has 1 heterocycles. The van der Waals surface area contributed by atoms with E-state index in [1.54, 1.807) is 6.07 Å². The standard InChI is InChI=1S/C21H21BrClN3O2/c1-3-26-12-17(22)19(25-26)11-24-21(27)16-6-4-5-15(10-16)13-28-20-9-14(2)7-8-18(20)23/h4-10,12H,3,11,13H2,1-2H3,(H,24,27). The van der Waals surface area contributed by atoms with Crippen LogP contribution in [0.3, 0.4) is 0 Å². The molecule has 146 valence electrons. The second kappa shape index (κ2) is 9.26. The molecule has 0 radical (unpaired) electrons. The number of carbonyl (C=O) groups is 1. The second-order valence-electron chi connectivity index (χ2n) is 6.39. The Morgan fingerprint density at radius 1 is 1.29 bits per heavy atom. The number of benzene rings is 2. The first-order valence-electron chi connectivity index (χ1n) is 8.94. The largest absolute Gasteiger partial charge is 0.487 e. The first-order chi connectivity index (χ1) is 13.5. The van der Waals surface area contributed by atoms with E-state index in [9.17, 15) is 4.79 Å². The third-order valence-corrected chi connectivity index (χ3v) is 5.17. The van der Waals surface area contributed by atoms with E-state index in [1.807, 2.05) is 61.1 Å². The van der Waals surface area contributed by atoms with Crippen LogP contribution in [0.5, 0.6) is 5.75 Å². The van der Waals surface area contributed by atoms with Crippen LogP contribution in [0, 0.1) is 6.92 Å². The van der Waals surface area contributed by atoms with Gasteiger partial charge in [0, 0.05) is 18.3 Å². The SMILES string of the molecule is CCn1cc(Br)c(CNC(=O)c2cccc(COc3cc(C)ccc3Cl)c2)n1. The lowest BCUT2D eigenvalue weighted by Gasteiger charge is -2.10. The topological polar surface area (TPSA) is 56.2 Å². The molecule has 0 aliphatic carbocycles. The Balaban J connectivity index is 1.62. The molecule has 0 saturated carbocycles. The van der Waals surface area contributed by atoms with Crippen molar-refractivity contribution in [3.63, 3.8) is 0 Å². The molecule has 0 spiro atoms. The molecule has 0 fully saturated rings. The van der Waals surface area contributed by atoms with E-state index in [0.29, 0.717) is 29.5 Å². The zero-order chi connectivity index (χ0) is 20.1. The molecular formula is C21H21BrClN3O2. The van der Waals surface area contributed by atoms with Crippen molar-refractivity contribution in [2.75, 3.05) is 0 Å². The number of rotatable bonds is 7. The number of nitrogens with one attached hydrogen (secondary N) is 1. The summed E-state index contributed by atoms with van der Waals surface area (Å²) in [5, 5.41) is 7.88. The van der Waals surface area contributed by atoms with Gasteiger partial charge in [-0.25, -0.2) is 0 Å². The molecule has 0 atom stereocenters. The third kappa shape index (κ3) is 5.14. The Kier molecular flexibility index (Phi) is 6.75. The van der Waals surface area contributed by atoms with Crippen LogP contribution in [-0.2, 0) is 19.7 Å². The zero-order valence-corrected chi connectivity index (χ0v) is 18.0. The van der Waals surface area contributed by atoms with Gasteiger partial charge in [0.2, 0.25) is 0 Å². The van der Waals surface area contributed by atoms with Crippen LogP contribution in [0.15, 0.2) is 53.1 Å². The summed E-state index contributed by atoms with van der Waals surface area (Å²) in [6.07, 6.45) is 1.90. The van der Waals surface area contributed by atoms with Crippen molar-refractivity contribution >= 4 is 33.4 Å². The maximum atomic E-state index is 12.5. The van der Waals surface area contributed by atoms with E-state index in [4.69, 9.17) is 16.3 Å². The molecule has 0 bridgehead atoms. The molecule has 1 aromatic heterocycles. The highest BCUT2D eigenvalue weighted by molar-refractivity contribution is 9.10. The Morgan fingerprint density at radius 3 is 2.86 bits per heavy atom. The molecule has 0 saturated heterocycles. The van der Waals surface area contributed by atoms with Crippen LogP contribution >= 0.6 is 27.5 Å². The van der Waals surface area contributed by atoms with Gasteiger partial charge >= 0.3 is 0 Å². The summed E-state index contributed by atoms with van der Waals surface area (Å²) >= 11 is 9.64. The minimum absolute atomic E-state index is 0.159. The molecule has 0 aliphatic heterocycles. The average molecular weight is 463 g/mol. The molecule has 3 aromatic rings. The van der Waals surface area contributed by atoms with Crippen molar-refractivity contribution < 1.29 is 9.53 Å². The monoisotopic (exact) mass is 461 g/mol. The summed E-state index contributed by atoms with van der Waals surface area (Å²) in [4.78, 5) is 12.5. The highest BCUT2D eigenvalue weighted by Crippen LogP contribution is 2.26. The van der Waals surface area contributed by atoms with Gasteiger partial charge < -0.3 is 10.1 Å². The molecule has 7 heteroatoms. The number of carbonyl (C=O) groups excluding carboxylic acids is 1. The van der Waals surface area contributed by atoms with Gasteiger partial charge in [-0.05, 0) is 65.2 Å². The Hall–Kier alpha value is -2.31. The number of halogens is 2. The van der Waals surface area contributed by atoms with E-state index < -0.39 is 0 Å². The zero-order valence-electron chi connectivity index (χ0n) is 15.7. The number of ether oxygens (including phenoxy) is 1. The van der Waals surface area contributed by atoms with Crippen molar-refractivity contribution in [2.45, 2.75) is 33.5 Å². The maximum absolute atomic E-state index is 12.5. The molecule has 28 heavy (non-hydrogen) atoms. The van der Waals surface area contributed by atoms with Crippen LogP contribution in [0.2, 0.25) is 5.02 Å². The lowest BCUT2D eigenvalue weighted by Crippen LogP contribution is -2.23. The third-order valence-electron chi connectivity index (χ3n) is 4.20. The molecule has 1 amide bonds. The van der Waals surface area contributed by atoms with Gasteiger partial charge in [-0.2, -0.15) is 5.10 Å². The number of nitrogens with zero attached hydrogens (tertiary/aromatic N) is 2. The second-order valence-corrected chi connectivity index (χ2v) is 7.65. The summed E-state index contributed by atoms with van der Waals surface area (Å²) in [5.74, 6) is 0.473.